The quantitative estimate of drug-likeness (QED) is 0.526. The van der Waals surface area contributed by atoms with Gasteiger partial charge in [0.25, 0.3) is 5.91 Å². The standard InChI is InChI=1S/C22H22N8O/c1-29-4-6-30(7-5-29)21-10-15(2-3-23-21)22(31)28-20-9-16-8-19(18-13-26-27-14-18)24-11-17(16)12-25-20/h2-3,8-14H,4-7H2,1H3,(H,26,27)(H,25,28,31)/i1D3. The van der Waals surface area contributed by atoms with Crippen LogP contribution >= 0.6 is 0 Å². The Morgan fingerprint density at radius 1 is 1.06 bits per heavy atom. The van der Waals surface area contributed by atoms with Gasteiger partial charge in [0, 0.05) is 71.6 Å². The molecule has 1 aliphatic rings. The molecule has 1 aliphatic heterocycles. The number of amides is 1. The molecule has 31 heavy (non-hydrogen) atoms. The molecule has 0 aromatic carbocycles. The lowest BCUT2D eigenvalue weighted by molar-refractivity contribution is 0.102. The Bertz CT molecular complexity index is 1320. The van der Waals surface area contributed by atoms with E-state index in [0.717, 1.165) is 22.0 Å². The smallest absolute Gasteiger partial charge is 0.257 e. The number of fused-ring (bicyclic) bond motifs is 1. The Hall–Kier alpha value is -3.85. The predicted molar refractivity (Wildman–Crippen MR) is 119 cm³/mol. The Morgan fingerprint density at radius 2 is 1.94 bits per heavy atom. The van der Waals surface area contributed by atoms with Gasteiger partial charge in [0.15, 0.2) is 0 Å². The number of carbonyl (C=O) groups excluding carboxylic acids is 1. The first kappa shape index (κ1) is 15.9. The minimum absolute atomic E-state index is 0.305. The number of hydrogen-bond donors (Lipinski definition) is 2. The van der Waals surface area contributed by atoms with E-state index in [1.54, 1.807) is 49.2 Å². The van der Waals surface area contributed by atoms with E-state index in [0.29, 0.717) is 43.4 Å². The number of H-pyrrole nitrogens is 1. The number of aromatic amines is 1. The second kappa shape index (κ2) is 8.11. The molecule has 1 saturated heterocycles. The number of aromatic nitrogens is 5. The number of nitrogens with zero attached hydrogens (tertiary/aromatic N) is 6. The van der Waals surface area contributed by atoms with Crippen molar-refractivity contribution in [1.29, 1.82) is 0 Å². The highest BCUT2D eigenvalue weighted by Gasteiger charge is 2.17. The molecule has 1 fully saturated rings. The number of likely N-dealkylation sites (N-methyl/N-ethyl adjacent to an activating group) is 1. The van der Waals surface area contributed by atoms with Crippen LogP contribution < -0.4 is 10.2 Å². The summed E-state index contributed by atoms with van der Waals surface area (Å²) < 4.78 is 22.7. The van der Waals surface area contributed by atoms with E-state index in [2.05, 4.69) is 30.5 Å². The average Bonchev–Trinajstić information content (AvgIpc) is 3.38. The van der Waals surface area contributed by atoms with E-state index < -0.39 is 6.98 Å². The van der Waals surface area contributed by atoms with Crippen LogP contribution in [0.1, 0.15) is 14.5 Å². The number of anilines is 2. The number of rotatable bonds is 4. The molecule has 156 valence electrons. The number of hydrogen-bond acceptors (Lipinski definition) is 7. The third kappa shape index (κ3) is 4.08. The first-order valence-electron chi connectivity index (χ1n) is 11.4. The topological polar surface area (TPSA) is 103 Å². The van der Waals surface area contributed by atoms with E-state index in [-0.39, 0.29) is 5.91 Å². The molecule has 5 heterocycles. The van der Waals surface area contributed by atoms with E-state index in [1.165, 1.54) is 4.90 Å². The van der Waals surface area contributed by atoms with Gasteiger partial charge >= 0.3 is 0 Å². The van der Waals surface area contributed by atoms with Crippen LogP contribution in [0.2, 0.25) is 0 Å². The molecular formula is C22H22N8O. The lowest BCUT2D eigenvalue weighted by Gasteiger charge is -2.33. The van der Waals surface area contributed by atoms with Gasteiger partial charge in [0.2, 0.25) is 0 Å². The van der Waals surface area contributed by atoms with Crippen LogP contribution in [0.15, 0.2) is 55.2 Å². The van der Waals surface area contributed by atoms with Crippen LogP contribution in [-0.4, -0.2) is 69.1 Å². The number of carbonyl (C=O) groups is 1. The monoisotopic (exact) mass is 417 g/mol. The number of nitrogens with one attached hydrogen (secondary N) is 2. The molecule has 0 saturated carbocycles. The summed E-state index contributed by atoms with van der Waals surface area (Å²) in [7, 11) is 0. The highest BCUT2D eigenvalue weighted by Crippen LogP contribution is 2.23. The van der Waals surface area contributed by atoms with Crippen molar-refractivity contribution in [3.8, 4) is 11.3 Å². The first-order chi connectivity index (χ1) is 16.4. The van der Waals surface area contributed by atoms with Gasteiger partial charge in [0.1, 0.15) is 11.6 Å². The molecule has 0 unspecified atom stereocenters. The SMILES string of the molecule is [2H]C([2H])([2H])N1CCN(c2cc(C(=O)Nc3cc4cc(-c5cn[nH]c5)ncc4cn3)ccn2)CC1. The zero-order chi connectivity index (χ0) is 23.7. The third-order valence-corrected chi connectivity index (χ3v) is 5.25. The summed E-state index contributed by atoms with van der Waals surface area (Å²) in [5.74, 6) is 0.757. The van der Waals surface area contributed by atoms with Crippen molar-refractivity contribution in [2.75, 3.05) is 43.4 Å². The van der Waals surface area contributed by atoms with Crippen LogP contribution in [0.4, 0.5) is 11.6 Å². The zero-order valence-corrected chi connectivity index (χ0v) is 16.6. The predicted octanol–water partition coefficient (Wildman–Crippen LogP) is 2.42. The second-order valence-corrected chi connectivity index (χ2v) is 7.30. The van der Waals surface area contributed by atoms with Crippen molar-refractivity contribution in [1.82, 2.24) is 30.0 Å². The van der Waals surface area contributed by atoms with Gasteiger partial charge in [-0.1, -0.05) is 0 Å². The summed E-state index contributed by atoms with van der Waals surface area (Å²) in [6.45, 7) is -0.231. The maximum atomic E-state index is 12.9. The first-order valence-corrected chi connectivity index (χ1v) is 9.89. The fourth-order valence-corrected chi connectivity index (χ4v) is 3.51. The normalized spacial score (nSPS) is 16.5. The molecule has 9 nitrogen and oxygen atoms in total. The van der Waals surface area contributed by atoms with Gasteiger partial charge in [-0.25, -0.2) is 9.97 Å². The van der Waals surface area contributed by atoms with Gasteiger partial charge in [-0.05, 0) is 36.6 Å². The summed E-state index contributed by atoms with van der Waals surface area (Å²) in [6.07, 6.45) is 8.44. The Labute approximate surface area is 183 Å². The second-order valence-electron chi connectivity index (χ2n) is 7.30. The van der Waals surface area contributed by atoms with Crippen molar-refractivity contribution < 1.29 is 8.91 Å². The van der Waals surface area contributed by atoms with Crippen molar-refractivity contribution in [3.63, 3.8) is 0 Å². The van der Waals surface area contributed by atoms with E-state index in [4.69, 9.17) is 4.11 Å². The number of piperazine rings is 1. The van der Waals surface area contributed by atoms with Crippen LogP contribution in [0.5, 0.6) is 0 Å². The molecule has 5 rings (SSSR count). The van der Waals surface area contributed by atoms with Crippen molar-refractivity contribution in [3.05, 3.63) is 60.8 Å². The summed E-state index contributed by atoms with van der Waals surface area (Å²) in [4.78, 5) is 29.5. The highest BCUT2D eigenvalue weighted by atomic mass is 16.1. The highest BCUT2D eigenvalue weighted by molar-refractivity contribution is 6.05. The molecular weight excluding hydrogens is 392 g/mol. The molecule has 9 heteroatoms. The zero-order valence-electron chi connectivity index (χ0n) is 19.6. The molecule has 0 bridgehead atoms. The molecule has 0 spiro atoms. The maximum absolute atomic E-state index is 12.9. The molecule has 1 amide bonds. The van der Waals surface area contributed by atoms with Gasteiger partial charge in [-0.3, -0.25) is 14.9 Å². The Balaban J connectivity index is 1.31. The van der Waals surface area contributed by atoms with Crippen molar-refractivity contribution in [2.45, 2.75) is 0 Å². The van der Waals surface area contributed by atoms with E-state index in [1.807, 2.05) is 11.0 Å². The van der Waals surface area contributed by atoms with E-state index >= 15 is 0 Å². The summed E-state index contributed by atoms with van der Waals surface area (Å²) >= 11 is 0. The molecule has 2 N–H and O–H groups in total. The summed E-state index contributed by atoms with van der Waals surface area (Å²) in [6, 6.07) is 7.07. The molecule has 4 aromatic heterocycles. The third-order valence-electron chi connectivity index (χ3n) is 5.25. The molecule has 0 radical (unpaired) electrons. The molecule has 0 atom stereocenters. The van der Waals surface area contributed by atoms with Gasteiger partial charge in [-0.2, -0.15) is 5.10 Å². The van der Waals surface area contributed by atoms with Gasteiger partial charge in [-0.15, -0.1) is 0 Å². The largest absolute Gasteiger partial charge is 0.354 e. The fourth-order valence-electron chi connectivity index (χ4n) is 3.51. The van der Waals surface area contributed by atoms with E-state index in [9.17, 15) is 4.79 Å². The van der Waals surface area contributed by atoms with Gasteiger partial charge < -0.3 is 15.1 Å². The fraction of sp³-hybridized carbons (Fsp3) is 0.227. The van der Waals surface area contributed by atoms with Crippen molar-refractivity contribution in [2.24, 2.45) is 0 Å². The Morgan fingerprint density at radius 3 is 2.74 bits per heavy atom. The minimum Gasteiger partial charge on any atom is -0.354 e. The maximum Gasteiger partial charge on any atom is 0.257 e. The summed E-state index contributed by atoms with van der Waals surface area (Å²) in [5, 5.41) is 11.3. The van der Waals surface area contributed by atoms with Crippen LogP contribution in [0.3, 0.4) is 0 Å². The van der Waals surface area contributed by atoms with Crippen molar-refractivity contribution >= 4 is 28.3 Å². The van der Waals surface area contributed by atoms with Crippen LogP contribution in [0, 0.1) is 0 Å². The molecule has 4 aromatic rings. The average molecular weight is 417 g/mol. The number of pyridine rings is 3. The minimum atomic E-state index is -2.09. The lowest BCUT2D eigenvalue weighted by Crippen LogP contribution is -2.44. The van der Waals surface area contributed by atoms with Crippen LogP contribution in [-0.2, 0) is 0 Å². The van der Waals surface area contributed by atoms with Gasteiger partial charge in [0.05, 0.1) is 11.9 Å². The molecule has 0 aliphatic carbocycles. The Kier molecular flexibility index (Phi) is 4.17. The van der Waals surface area contributed by atoms with Crippen LogP contribution in [0.25, 0.3) is 22.0 Å². The lowest BCUT2D eigenvalue weighted by atomic mass is 10.1. The summed E-state index contributed by atoms with van der Waals surface area (Å²) in [5.41, 5.74) is 2.08.